The van der Waals surface area contributed by atoms with Crippen LogP contribution in [0.2, 0.25) is 5.02 Å². The van der Waals surface area contributed by atoms with Crippen LogP contribution in [0.1, 0.15) is 84.5 Å². The third-order valence-corrected chi connectivity index (χ3v) is 15.0. The molecule has 3 atom stereocenters. The number of ether oxygens (including phenoxy) is 3. The molecular formula is C63H52ClN3O3. The number of para-hydroxylation sites is 1. The van der Waals surface area contributed by atoms with Crippen LogP contribution in [0.4, 0.5) is 17.1 Å². The van der Waals surface area contributed by atoms with Gasteiger partial charge in [-0.3, -0.25) is 0 Å². The smallest absolute Gasteiger partial charge is 0.203 e. The summed E-state index contributed by atoms with van der Waals surface area (Å²) in [5.74, 6) is 1.87. The molecule has 0 aliphatic carbocycles. The van der Waals surface area contributed by atoms with Crippen molar-refractivity contribution in [3.63, 3.8) is 0 Å². The molecule has 0 fully saturated rings. The number of halogens is 1. The molecule has 9 aromatic rings. The zero-order valence-electron chi connectivity index (χ0n) is 39.4. The SMILES string of the molecule is COc1cc2c(c(OC)c1OC)C(c1ccccc1)c1ccc(-c3ccc4c(c3)CNc3cc(-c5ccc6c(c5)CNc5ccccc5C6c5ccccc5)c(Cl)cc3C4c3ccccc3)cc1NC2. The van der Waals surface area contributed by atoms with Gasteiger partial charge < -0.3 is 30.2 Å². The molecule has 70 heavy (non-hydrogen) atoms. The molecule has 0 aromatic heterocycles. The quantitative estimate of drug-likeness (QED) is 0.141. The molecule has 3 N–H and O–H groups in total. The molecule has 9 aromatic carbocycles. The van der Waals surface area contributed by atoms with Gasteiger partial charge in [-0.15, -0.1) is 0 Å². The average molecular weight is 935 g/mol. The minimum Gasteiger partial charge on any atom is -0.493 e. The van der Waals surface area contributed by atoms with Crippen molar-refractivity contribution in [2.45, 2.75) is 37.4 Å². The average Bonchev–Trinajstić information content (AvgIpc) is 3.76. The van der Waals surface area contributed by atoms with Gasteiger partial charge in [-0.25, -0.2) is 0 Å². The van der Waals surface area contributed by atoms with Crippen molar-refractivity contribution in [1.82, 2.24) is 0 Å². The fourth-order valence-electron chi connectivity index (χ4n) is 11.4. The van der Waals surface area contributed by atoms with E-state index in [0.29, 0.717) is 30.3 Å². The molecule has 6 nitrogen and oxygen atoms in total. The minimum atomic E-state index is -0.117. The van der Waals surface area contributed by atoms with Crippen LogP contribution in [0.15, 0.2) is 188 Å². The second-order valence-electron chi connectivity index (χ2n) is 18.4. The van der Waals surface area contributed by atoms with Gasteiger partial charge in [-0.2, -0.15) is 0 Å². The highest BCUT2D eigenvalue weighted by Gasteiger charge is 2.33. The van der Waals surface area contributed by atoms with E-state index < -0.39 is 0 Å². The Morgan fingerprint density at radius 3 is 1.50 bits per heavy atom. The molecule has 3 aliphatic rings. The molecule has 3 aliphatic heterocycles. The van der Waals surface area contributed by atoms with Crippen molar-refractivity contribution in [2.75, 3.05) is 37.3 Å². The molecule has 344 valence electrons. The van der Waals surface area contributed by atoms with E-state index in [-0.39, 0.29) is 17.8 Å². The summed E-state index contributed by atoms with van der Waals surface area (Å²) in [6.07, 6.45) is 0. The van der Waals surface area contributed by atoms with E-state index in [1.807, 2.05) is 0 Å². The lowest BCUT2D eigenvalue weighted by molar-refractivity contribution is 0.321. The molecule has 12 rings (SSSR count). The number of fused-ring (bicyclic) bond motifs is 6. The molecule has 0 bridgehead atoms. The van der Waals surface area contributed by atoms with Crippen molar-refractivity contribution in [1.29, 1.82) is 0 Å². The van der Waals surface area contributed by atoms with Crippen molar-refractivity contribution in [3.8, 4) is 39.5 Å². The number of anilines is 3. The van der Waals surface area contributed by atoms with Gasteiger partial charge in [0.25, 0.3) is 0 Å². The number of methoxy groups -OCH3 is 3. The summed E-state index contributed by atoms with van der Waals surface area (Å²) in [5, 5.41) is 12.2. The lowest BCUT2D eigenvalue weighted by Gasteiger charge is -2.25. The first kappa shape index (κ1) is 43.4. The number of hydrogen-bond acceptors (Lipinski definition) is 6. The molecule has 3 heterocycles. The van der Waals surface area contributed by atoms with Gasteiger partial charge in [0.05, 0.1) is 21.3 Å². The van der Waals surface area contributed by atoms with E-state index in [4.69, 9.17) is 25.8 Å². The lowest BCUT2D eigenvalue weighted by Crippen LogP contribution is -2.09. The van der Waals surface area contributed by atoms with Gasteiger partial charge in [0.2, 0.25) is 5.75 Å². The summed E-state index contributed by atoms with van der Waals surface area (Å²) in [6, 6.07) is 68.3. The van der Waals surface area contributed by atoms with Crippen LogP contribution in [-0.2, 0) is 19.6 Å². The molecule has 0 saturated carbocycles. The first-order chi connectivity index (χ1) is 34.5. The number of rotatable bonds is 8. The van der Waals surface area contributed by atoms with E-state index in [1.54, 1.807) is 21.3 Å². The van der Waals surface area contributed by atoms with Gasteiger partial charge >= 0.3 is 0 Å². The third-order valence-electron chi connectivity index (χ3n) is 14.7. The zero-order valence-corrected chi connectivity index (χ0v) is 40.1. The van der Waals surface area contributed by atoms with Crippen molar-refractivity contribution < 1.29 is 14.2 Å². The van der Waals surface area contributed by atoms with Crippen molar-refractivity contribution in [3.05, 3.63) is 260 Å². The van der Waals surface area contributed by atoms with Crippen LogP contribution >= 0.6 is 11.6 Å². The number of nitrogens with one attached hydrogen (secondary N) is 3. The highest BCUT2D eigenvalue weighted by Crippen LogP contribution is 2.52. The molecular weight excluding hydrogens is 882 g/mol. The van der Waals surface area contributed by atoms with Gasteiger partial charge in [-0.05, 0) is 120 Å². The molecule has 0 spiro atoms. The Kier molecular flexibility index (Phi) is 11.3. The summed E-state index contributed by atoms with van der Waals surface area (Å²) in [6.45, 7) is 1.97. The van der Waals surface area contributed by atoms with E-state index in [1.165, 1.54) is 50.2 Å². The van der Waals surface area contributed by atoms with Gasteiger partial charge in [0.15, 0.2) is 11.5 Å². The molecule has 7 heteroatoms. The van der Waals surface area contributed by atoms with Crippen LogP contribution < -0.4 is 30.2 Å². The molecule has 3 unspecified atom stereocenters. The summed E-state index contributed by atoms with van der Waals surface area (Å²) in [7, 11) is 5.04. The van der Waals surface area contributed by atoms with E-state index >= 15 is 0 Å². The van der Waals surface area contributed by atoms with Crippen molar-refractivity contribution >= 4 is 28.7 Å². The van der Waals surface area contributed by atoms with E-state index in [9.17, 15) is 0 Å². The molecule has 0 amide bonds. The van der Waals surface area contributed by atoms with Crippen LogP contribution in [0.3, 0.4) is 0 Å². The monoisotopic (exact) mass is 933 g/mol. The Bertz CT molecular complexity index is 3430. The van der Waals surface area contributed by atoms with E-state index in [2.05, 4.69) is 204 Å². The largest absolute Gasteiger partial charge is 0.493 e. The molecule has 0 saturated heterocycles. The topological polar surface area (TPSA) is 63.8 Å². The maximum atomic E-state index is 7.47. The standard InChI is InChI=1S/C63H52ClN3O3/c1-68-57-32-46-37-67-55-31-42(24-28-50(55)60(40-19-11-6-12-20-40)61(46)63(70-3)62(57)69-2)41-23-26-48-44(29-41)36-66-56-34-51(53(64)33-52(56)59(48)39-17-9-5-10-18-39)43-25-27-47-45(30-43)35-65-54-22-14-13-21-49(54)58(47)38-15-7-4-8-16-38/h4-34,58-60,65-67H,35-37H2,1-3H3. The number of benzene rings is 9. The summed E-state index contributed by atoms with van der Waals surface area (Å²) >= 11 is 7.47. The predicted octanol–water partition coefficient (Wildman–Crippen LogP) is 15.0. The van der Waals surface area contributed by atoms with Gasteiger partial charge in [0, 0.05) is 70.6 Å². The zero-order chi connectivity index (χ0) is 47.3. The Balaban J connectivity index is 0.919. The van der Waals surface area contributed by atoms with Crippen molar-refractivity contribution in [2.24, 2.45) is 0 Å². The molecule has 0 radical (unpaired) electrons. The Morgan fingerprint density at radius 2 is 0.871 bits per heavy atom. The van der Waals surface area contributed by atoms with Gasteiger partial charge in [-0.1, -0.05) is 157 Å². The van der Waals surface area contributed by atoms with Crippen LogP contribution in [0.5, 0.6) is 17.2 Å². The Labute approximate surface area is 414 Å². The summed E-state index contributed by atoms with van der Waals surface area (Å²) < 4.78 is 17.9. The van der Waals surface area contributed by atoms with Crippen LogP contribution in [0.25, 0.3) is 22.3 Å². The summed E-state index contributed by atoms with van der Waals surface area (Å²) in [4.78, 5) is 0. The first-order valence-corrected chi connectivity index (χ1v) is 24.4. The Hall–Kier alpha value is -7.93. The fourth-order valence-corrected chi connectivity index (χ4v) is 11.7. The minimum absolute atomic E-state index is 0.0361. The van der Waals surface area contributed by atoms with E-state index in [0.717, 1.165) is 67.4 Å². The van der Waals surface area contributed by atoms with Crippen LogP contribution in [0, 0.1) is 0 Å². The second kappa shape index (κ2) is 18.2. The predicted molar refractivity (Wildman–Crippen MR) is 285 cm³/mol. The highest BCUT2D eigenvalue weighted by molar-refractivity contribution is 6.33. The van der Waals surface area contributed by atoms with Gasteiger partial charge in [0.1, 0.15) is 0 Å². The fraction of sp³-hybridized carbons (Fsp3) is 0.143. The second-order valence-corrected chi connectivity index (χ2v) is 18.9. The maximum Gasteiger partial charge on any atom is 0.203 e. The Morgan fingerprint density at radius 1 is 0.386 bits per heavy atom. The lowest BCUT2D eigenvalue weighted by atomic mass is 9.80. The number of hydrogen-bond donors (Lipinski definition) is 3. The third kappa shape index (κ3) is 7.51. The highest BCUT2D eigenvalue weighted by atomic mass is 35.5. The first-order valence-electron chi connectivity index (χ1n) is 24.0. The normalized spacial score (nSPS) is 16.3. The summed E-state index contributed by atoms with van der Waals surface area (Å²) in [5.41, 5.74) is 22.2. The van der Waals surface area contributed by atoms with Crippen LogP contribution in [-0.4, -0.2) is 21.3 Å². The maximum absolute atomic E-state index is 7.47.